The second-order valence-electron chi connectivity index (χ2n) is 3.89. The Morgan fingerprint density at radius 2 is 2.06 bits per heavy atom. The van der Waals surface area contributed by atoms with E-state index in [1.807, 2.05) is 0 Å². The maximum absolute atomic E-state index is 13.1. The van der Waals surface area contributed by atoms with Crippen molar-refractivity contribution < 1.29 is 13.9 Å². The van der Waals surface area contributed by atoms with Crippen LogP contribution < -0.4 is 0 Å². The highest BCUT2D eigenvalue weighted by atomic mass is 19.1. The molecule has 1 heterocycles. The minimum Gasteiger partial charge on any atom is -0.464 e. The quantitative estimate of drug-likeness (QED) is 0.763. The molecule has 2 rings (SSSR count). The summed E-state index contributed by atoms with van der Waals surface area (Å²) in [4.78, 5) is 15.4. The number of pyridine rings is 1. The maximum Gasteiger partial charge on any atom is 0.356 e. The fourth-order valence-electron chi connectivity index (χ4n) is 1.71. The number of methoxy groups -OCH3 is 1. The van der Waals surface area contributed by atoms with E-state index in [0.29, 0.717) is 5.56 Å². The fraction of sp³-hybridized carbons (Fsp3) is 0.143. The molecule has 0 spiro atoms. The van der Waals surface area contributed by atoms with E-state index in [1.54, 1.807) is 25.1 Å². The average molecular weight is 245 g/mol. The second kappa shape index (κ2) is 4.96. The third-order valence-electron chi connectivity index (χ3n) is 2.61. The number of hydrogen-bond acceptors (Lipinski definition) is 3. The Hall–Kier alpha value is -2.23. The molecule has 1 aromatic heterocycles. The largest absolute Gasteiger partial charge is 0.464 e. The van der Waals surface area contributed by atoms with Gasteiger partial charge in [-0.1, -0.05) is 12.1 Å². The summed E-state index contributed by atoms with van der Waals surface area (Å²) in [6.07, 6.45) is 1.54. The molecule has 18 heavy (non-hydrogen) atoms. The second-order valence-corrected chi connectivity index (χ2v) is 3.89. The zero-order valence-corrected chi connectivity index (χ0v) is 10.1. The summed E-state index contributed by atoms with van der Waals surface area (Å²) in [5.41, 5.74) is 2.46. The molecule has 2 aromatic rings. The van der Waals surface area contributed by atoms with Gasteiger partial charge in [0.25, 0.3) is 0 Å². The molecule has 0 aliphatic rings. The Bertz CT molecular complexity index is 596. The lowest BCUT2D eigenvalue weighted by atomic mass is 10.0. The van der Waals surface area contributed by atoms with Crippen molar-refractivity contribution >= 4 is 5.97 Å². The van der Waals surface area contributed by atoms with Crippen molar-refractivity contribution in [2.45, 2.75) is 6.92 Å². The lowest BCUT2D eigenvalue weighted by molar-refractivity contribution is 0.0593. The van der Waals surface area contributed by atoms with Crippen LogP contribution in [0.2, 0.25) is 0 Å². The first-order valence-electron chi connectivity index (χ1n) is 5.42. The summed E-state index contributed by atoms with van der Waals surface area (Å²) in [5.74, 6) is -0.777. The fourth-order valence-corrected chi connectivity index (χ4v) is 1.71. The number of benzene rings is 1. The van der Waals surface area contributed by atoms with Gasteiger partial charge in [-0.3, -0.25) is 0 Å². The summed E-state index contributed by atoms with van der Waals surface area (Å²) < 4.78 is 17.7. The first kappa shape index (κ1) is 12.2. The number of ether oxygens (including phenoxy) is 1. The Morgan fingerprint density at radius 1 is 1.28 bits per heavy atom. The molecule has 0 atom stereocenters. The number of rotatable bonds is 2. The molecule has 0 fully saturated rings. The van der Waals surface area contributed by atoms with Gasteiger partial charge in [-0.05, 0) is 36.2 Å². The predicted octanol–water partition coefficient (Wildman–Crippen LogP) is 2.98. The number of halogens is 1. The van der Waals surface area contributed by atoms with Crippen LogP contribution >= 0.6 is 0 Å². The van der Waals surface area contributed by atoms with Gasteiger partial charge in [-0.15, -0.1) is 0 Å². The molecule has 0 saturated carbocycles. The smallest absolute Gasteiger partial charge is 0.356 e. The van der Waals surface area contributed by atoms with Crippen LogP contribution in [0.4, 0.5) is 4.39 Å². The molecule has 0 N–H and O–H groups in total. The number of carbonyl (C=O) groups excluding carboxylic acids is 1. The number of esters is 1. The van der Waals surface area contributed by atoms with E-state index in [0.717, 1.165) is 11.1 Å². The number of hydrogen-bond donors (Lipinski definition) is 0. The van der Waals surface area contributed by atoms with Crippen LogP contribution in [0.5, 0.6) is 0 Å². The maximum atomic E-state index is 13.1. The van der Waals surface area contributed by atoms with Crippen molar-refractivity contribution in [2.24, 2.45) is 0 Å². The summed E-state index contributed by atoms with van der Waals surface area (Å²) in [5, 5.41) is 0. The molecule has 1 aromatic carbocycles. The van der Waals surface area contributed by atoms with E-state index in [9.17, 15) is 9.18 Å². The first-order chi connectivity index (χ1) is 8.61. The molecule has 0 aliphatic carbocycles. The Kier molecular flexibility index (Phi) is 3.37. The highest BCUT2D eigenvalue weighted by molar-refractivity contribution is 5.89. The van der Waals surface area contributed by atoms with Crippen molar-refractivity contribution in [3.63, 3.8) is 0 Å². The van der Waals surface area contributed by atoms with Gasteiger partial charge in [-0.25, -0.2) is 14.2 Å². The average Bonchev–Trinajstić information content (AvgIpc) is 2.37. The molecule has 4 heteroatoms. The van der Waals surface area contributed by atoms with Crippen LogP contribution in [0.25, 0.3) is 11.1 Å². The minimum absolute atomic E-state index is 0.276. The third-order valence-corrected chi connectivity index (χ3v) is 2.61. The van der Waals surface area contributed by atoms with Gasteiger partial charge in [0, 0.05) is 11.8 Å². The Morgan fingerprint density at radius 3 is 2.67 bits per heavy atom. The molecule has 3 nitrogen and oxygen atoms in total. The van der Waals surface area contributed by atoms with Crippen LogP contribution in [0, 0.1) is 12.7 Å². The van der Waals surface area contributed by atoms with Gasteiger partial charge in [0.1, 0.15) is 5.82 Å². The number of nitrogens with zero attached hydrogens (tertiary/aromatic N) is 1. The van der Waals surface area contributed by atoms with Gasteiger partial charge < -0.3 is 4.74 Å². The Labute approximate surface area is 104 Å². The standard InChI is InChI=1S/C14H12FNO2/c1-9-6-11(8-16-13(9)14(17)18-2)10-4-3-5-12(15)7-10/h3-8H,1-2H3. The predicted molar refractivity (Wildman–Crippen MR) is 65.7 cm³/mol. The Balaban J connectivity index is 2.43. The van der Waals surface area contributed by atoms with Crippen molar-refractivity contribution in [3.8, 4) is 11.1 Å². The van der Waals surface area contributed by atoms with Gasteiger partial charge in [0.2, 0.25) is 0 Å². The van der Waals surface area contributed by atoms with Crippen molar-refractivity contribution in [3.05, 3.63) is 53.6 Å². The SMILES string of the molecule is COC(=O)c1ncc(-c2cccc(F)c2)cc1C. The molecule has 0 unspecified atom stereocenters. The van der Waals surface area contributed by atoms with Crippen LogP contribution in [0.15, 0.2) is 36.5 Å². The van der Waals surface area contributed by atoms with Gasteiger partial charge in [0.05, 0.1) is 7.11 Å². The summed E-state index contributed by atoms with van der Waals surface area (Å²) in [6.45, 7) is 1.77. The molecule has 0 amide bonds. The van der Waals surface area contributed by atoms with Crippen LogP contribution in [-0.4, -0.2) is 18.1 Å². The molecular weight excluding hydrogens is 233 g/mol. The summed E-state index contributed by atoms with van der Waals surface area (Å²) >= 11 is 0. The van der Waals surface area contributed by atoms with Crippen LogP contribution in [0.3, 0.4) is 0 Å². The number of aryl methyl sites for hydroxylation is 1. The molecule has 0 aliphatic heterocycles. The van der Waals surface area contributed by atoms with Crippen LogP contribution in [-0.2, 0) is 4.74 Å². The van der Waals surface area contributed by atoms with E-state index in [2.05, 4.69) is 9.72 Å². The van der Waals surface area contributed by atoms with Crippen molar-refractivity contribution in [1.29, 1.82) is 0 Å². The lowest BCUT2D eigenvalue weighted by Gasteiger charge is -2.06. The minimum atomic E-state index is -0.474. The summed E-state index contributed by atoms with van der Waals surface area (Å²) in [6, 6.07) is 8.01. The summed E-state index contributed by atoms with van der Waals surface area (Å²) in [7, 11) is 1.31. The van der Waals surface area contributed by atoms with Crippen molar-refractivity contribution in [2.75, 3.05) is 7.11 Å². The van der Waals surface area contributed by atoms with E-state index in [-0.39, 0.29) is 11.5 Å². The molecular formula is C14H12FNO2. The van der Waals surface area contributed by atoms with Gasteiger partial charge >= 0.3 is 5.97 Å². The molecule has 0 bridgehead atoms. The lowest BCUT2D eigenvalue weighted by Crippen LogP contribution is -2.06. The zero-order chi connectivity index (χ0) is 13.1. The zero-order valence-electron chi connectivity index (χ0n) is 10.1. The van der Waals surface area contributed by atoms with Crippen LogP contribution in [0.1, 0.15) is 16.1 Å². The van der Waals surface area contributed by atoms with E-state index < -0.39 is 5.97 Å². The normalized spacial score (nSPS) is 10.2. The van der Waals surface area contributed by atoms with Crippen molar-refractivity contribution in [1.82, 2.24) is 4.98 Å². The topological polar surface area (TPSA) is 39.2 Å². The first-order valence-corrected chi connectivity index (χ1v) is 5.42. The molecule has 92 valence electrons. The van der Waals surface area contributed by atoms with Gasteiger partial charge in [-0.2, -0.15) is 0 Å². The highest BCUT2D eigenvalue weighted by Crippen LogP contribution is 2.21. The molecule has 0 radical (unpaired) electrons. The van der Waals surface area contributed by atoms with E-state index in [1.165, 1.54) is 25.4 Å². The number of carbonyl (C=O) groups is 1. The number of aromatic nitrogens is 1. The molecule has 0 saturated heterocycles. The van der Waals surface area contributed by atoms with E-state index in [4.69, 9.17) is 0 Å². The third kappa shape index (κ3) is 2.37. The highest BCUT2D eigenvalue weighted by Gasteiger charge is 2.11. The van der Waals surface area contributed by atoms with E-state index >= 15 is 0 Å². The van der Waals surface area contributed by atoms with Gasteiger partial charge in [0.15, 0.2) is 5.69 Å². The monoisotopic (exact) mass is 245 g/mol.